The fourth-order valence-corrected chi connectivity index (χ4v) is 8.72. The molecule has 0 bridgehead atoms. The van der Waals surface area contributed by atoms with Gasteiger partial charge in [-0.2, -0.15) is 0 Å². The number of hydrogen-bond acceptors (Lipinski definition) is 8. The van der Waals surface area contributed by atoms with E-state index in [1.54, 1.807) is 32.5 Å². The molecule has 8 rings (SSSR count). The van der Waals surface area contributed by atoms with Crippen LogP contribution in [0.1, 0.15) is 99.2 Å². The van der Waals surface area contributed by atoms with Crippen molar-refractivity contribution in [2.75, 3.05) is 20.1 Å². The minimum Gasteiger partial charge on any atom is -0.444 e. The van der Waals surface area contributed by atoms with E-state index in [0.29, 0.717) is 54.6 Å². The third kappa shape index (κ3) is 8.70. The summed E-state index contributed by atoms with van der Waals surface area (Å²) in [5, 5.41) is 3.43. The number of carbonyl (C=O) groups excluding carboxylic acids is 2. The van der Waals surface area contributed by atoms with E-state index in [-0.39, 0.29) is 53.6 Å². The minimum atomic E-state index is -0.523. The number of pyridine rings is 1. The van der Waals surface area contributed by atoms with Crippen molar-refractivity contribution >= 4 is 29.2 Å². The van der Waals surface area contributed by atoms with Crippen molar-refractivity contribution < 1.29 is 18.7 Å². The number of fused-ring (bicyclic) bond motifs is 2. The fourth-order valence-electron chi connectivity index (χ4n) is 8.72. The molecule has 1 N–H and O–H groups in total. The predicted octanol–water partition coefficient (Wildman–Crippen LogP) is 7.18. The summed E-state index contributed by atoms with van der Waals surface area (Å²) >= 11 is 0. The van der Waals surface area contributed by atoms with Crippen LogP contribution >= 0.6 is 0 Å². The van der Waals surface area contributed by atoms with Crippen LogP contribution in [0.5, 0.6) is 0 Å². The summed E-state index contributed by atoms with van der Waals surface area (Å²) < 4.78 is 23.8. The number of hydrogen-bond donors (Lipinski definition) is 1. The highest BCUT2D eigenvalue weighted by molar-refractivity contribution is 5.92. The maximum absolute atomic E-state index is 14.5. The van der Waals surface area contributed by atoms with Crippen molar-refractivity contribution in [3.05, 3.63) is 116 Å². The summed E-state index contributed by atoms with van der Waals surface area (Å²) in [4.78, 5) is 67.5. The first-order valence-corrected chi connectivity index (χ1v) is 21.0. The van der Waals surface area contributed by atoms with Gasteiger partial charge in [-0.25, -0.2) is 28.5 Å². The quantitative estimate of drug-likeness (QED) is 0.174. The highest BCUT2D eigenvalue weighted by Gasteiger charge is 2.30. The molecule has 5 heterocycles. The molecule has 1 aliphatic carbocycles. The molecule has 0 radical (unpaired) electrons. The van der Waals surface area contributed by atoms with Gasteiger partial charge < -0.3 is 19.5 Å². The summed E-state index contributed by atoms with van der Waals surface area (Å²) in [6, 6.07) is 17.6. The van der Waals surface area contributed by atoms with Gasteiger partial charge in [0.05, 0.1) is 11.1 Å². The molecule has 13 nitrogen and oxygen atoms in total. The smallest absolute Gasteiger partial charge is 0.410 e. The van der Waals surface area contributed by atoms with Gasteiger partial charge in [-0.1, -0.05) is 36.4 Å². The number of aryl methyl sites for hydroxylation is 2. The molecular weight excluding hydrogens is 764 g/mol. The fraction of sp³-hybridized carbons (Fsp3) is 0.435. The standard InChI is InChI=1S/C46H53FN8O5/c1-29-23-38-41(48-25-29)54(44(58)55(43(38)57)36-16-14-34(15-17-36)49-42(56)39-28-53-27-33(47)13-18-40(53)50-39)37-8-6-7-32(24-37)31-11-9-30(10-12-31)26-52-21-19-35(20-22-52)51(5)45(59)60-46(2,3)4/h6-12,23-25,27-28,34-36H,13-22,26H2,1-5H3,(H,49,56). The normalized spacial score (nSPS) is 18.8. The molecule has 314 valence electrons. The largest absolute Gasteiger partial charge is 0.444 e. The van der Waals surface area contributed by atoms with Gasteiger partial charge >= 0.3 is 11.8 Å². The molecule has 1 saturated carbocycles. The Balaban J connectivity index is 0.966. The van der Waals surface area contributed by atoms with Crippen LogP contribution in [0.4, 0.5) is 9.18 Å². The van der Waals surface area contributed by atoms with Gasteiger partial charge in [0.15, 0.2) is 5.65 Å². The van der Waals surface area contributed by atoms with Crippen molar-refractivity contribution in [2.24, 2.45) is 0 Å². The van der Waals surface area contributed by atoms with E-state index in [0.717, 1.165) is 49.2 Å². The van der Waals surface area contributed by atoms with Gasteiger partial charge in [0.2, 0.25) is 0 Å². The number of carbonyl (C=O) groups is 2. The van der Waals surface area contributed by atoms with E-state index in [4.69, 9.17) is 4.74 Å². The number of aromatic nitrogens is 5. The number of rotatable bonds is 8. The maximum Gasteiger partial charge on any atom is 0.410 e. The Morgan fingerprint density at radius 1 is 0.950 bits per heavy atom. The van der Waals surface area contributed by atoms with Crippen molar-refractivity contribution in [3.8, 4) is 16.8 Å². The lowest BCUT2D eigenvalue weighted by molar-refractivity contribution is 0.0149. The molecule has 2 aliphatic heterocycles. The third-order valence-corrected chi connectivity index (χ3v) is 12.0. The lowest BCUT2D eigenvalue weighted by atomic mass is 9.90. The van der Waals surface area contributed by atoms with Gasteiger partial charge in [-0.15, -0.1) is 0 Å². The zero-order valence-electron chi connectivity index (χ0n) is 35.0. The van der Waals surface area contributed by atoms with Gasteiger partial charge in [0.25, 0.3) is 11.5 Å². The van der Waals surface area contributed by atoms with Gasteiger partial charge in [-0.3, -0.25) is 19.1 Å². The van der Waals surface area contributed by atoms with E-state index in [2.05, 4.69) is 44.5 Å². The molecule has 1 saturated heterocycles. The van der Waals surface area contributed by atoms with Crippen molar-refractivity contribution in [2.45, 2.75) is 109 Å². The first kappa shape index (κ1) is 40.9. The van der Waals surface area contributed by atoms with Crippen LogP contribution in [0.2, 0.25) is 0 Å². The molecule has 2 amide bonds. The van der Waals surface area contributed by atoms with Gasteiger partial charge in [-0.05, 0) is 107 Å². The number of amides is 2. The number of ether oxygens (including phenoxy) is 1. The summed E-state index contributed by atoms with van der Waals surface area (Å²) in [6.45, 7) is 10.1. The molecule has 3 aliphatic rings. The second kappa shape index (κ2) is 16.6. The highest BCUT2D eigenvalue weighted by Crippen LogP contribution is 2.29. The summed E-state index contributed by atoms with van der Waals surface area (Å²) in [7, 11) is 1.82. The summed E-state index contributed by atoms with van der Waals surface area (Å²) in [6.07, 6.45) is 8.96. The number of nitrogens with one attached hydrogen (secondary N) is 1. The van der Waals surface area contributed by atoms with Crippen molar-refractivity contribution in [3.63, 3.8) is 0 Å². The van der Waals surface area contributed by atoms with Gasteiger partial charge in [0.1, 0.15) is 22.9 Å². The average molecular weight is 817 g/mol. The molecule has 2 fully saturated rings. The number of likely N-dealkylation sites (tertiary alicyclic amines) is 1. The Morgan fingerprint density at radius 2 is 1.68 bits per heavy atom. The Morgan fingerprint density at radius 3 is 2.40 bits per heavy atom. The van der Waals surface area contributed by atoms with E-state index >= 15 is 0 Å². The number of halogens is 1. The van der Waals surface area contributed by atoms with Crippen LogP contribution < -0.4 is 16.6 Å². The molecule has 14 heteroatoms. The predicted molar refractivity (Wildman–Crippen MR) is 229 cm³/mol. The summed E-state index contributed by atoms with van der Waals surface area (Å²) in [5.41, 5.74) is 3.72. The molecule has 0 spiro atoms. The Kier molecular flexibility index (Phi) is 11.3. The molecule has 3 aromatic heterocycles. The highest BCUT2D eigenvalue weighted by atomic mass is 19.1. The lowest BCUT2D eigenvalue weighted by Crippen LogP contribution is -2.46. The minimum absolute atomic E-state index is 0.149. The molecule has 0 unspecified atom stereocenters. The Bertz CT molecular complexity index is 2570. The first-order chi connectivity index (χ1) is 28.7. The molecule has 60 heavy (non-hydrogen) atoms. The lowest BCUT2D eigenvalue weighted by Gasteiger charge is -2.37. The molecule has 2 aromatic carbocycles. The third-order valence-electron chi connectivity index (χ3n) is 12.0. The zero-order chi connectivity index (χ0) is 42.3. The number of allylic oxidation sites excluding steroid dienone is 1. The van der Waals surface area contributed by atoms with Crippen LogP contribution in [-0.2, 0) is 17.7 Å². The summed E-state index contributed by atoms with van der Waals surface area (Å²) in [5.74, 6) is 0.0816. The van der Waals surface area contributed by atoms with E-state index < -0.39 is 11.3 Å². The SMILES string of the molecule is Cc1cnc2c(c1)c(=O)n(C1CCC(NC(=O)c3cn4c(n3)CCC(F)=C4)CC1)c(=O)n2-c1cccc(-c2ccc(CN3CCC(N(C)C(=O)OC(C)(C)C)CC3)cc2)c1. The maximum atomic E-state index is 14.5. The molecule has 0 atom stereocenters. The van der Waals surface area contributed by atoms with E-state index in [1.165, 1.54) is 16.3 Å². The van der Waals surface area contributed by atoms with Crippen LogP contribution in [0.25, 0.3) is 34.0 Å². The van der Waals surface area contributed by atoms with Crippen LogP contribution in [0.3, 0.4) is 0 Å². The van der Waals surface area contributed by atoms with Gasteiger partial charge in [0, 0.05) is 76.2 Å². The van der Waals surface area contributed by atoms with Crippen LogP contribution in [0.15, 0.2) is 82.4 Å². The molecule has 5 aromatic rings. The molecular formula is C46H53FN8O5. The van der Waals surface area contributed by atoms with Crippen molar-refractivity contribution in [1.82, 2.24) is 38.8 Å². The van der Waals surface area contributed by atoms with Crippen molar-refractivity contribution in [1.29, 1.82) is 0 Å². The first-order valence-electron chi connectivity index (χ1n) is 21.0. The second-order valence-electron chi connectivity index (χ2n) is 17.5. The van der Waals surface area contributed by atoms with E-state index in [9.17, 15) is 23.6 Å². The van der Waals surface area contributed by atoms with Crippen LogP contribution in [0, 0.1) is 6.92 Å². The monoisotopic (exact) mass is 816 g/mol. The van der Waals surface area contributed by atoms with Crippen LogP contribution in [-0.4, -0.2) is 83.3 Å². The number of piperidine rings is 1. The Hall–Kier alpha value is -5.89. The number of benzene rings is 2. The second-order valence-corrected chi connectivity index (χ2v) is 17.5. The number of imidazole rings is 1. The zero-order valence-corrected chi connectivity index (χ0v) is 35.0. The topological polar surface area (TPSA) is 137 Å². The number of nitrogens with zero attached hydrogens (tertiary/aromatic N) is 7. The van der Waals surface area contributed by atoms with E-state index in [1.807, 2.05) is 59.0 Å². The Labute approximate surface area is 348 Å². The average Bonchev–Trinajstić information content (AvgIpc) is 3.65.